The number of hydrogen-bond donors (Lipinski definition) is 1. The lowest BCUT2D eigenvalue weighted by Crippen LogP contribution is -2.28. The van der Waals surface area contributed by atoms with E-state index >= 15 is 0 Å². The highest BCUT2D eigenvalue weighted by atomic mass is 79.9. The molecule has 0 saturated carbocycles. The van der Waals surface area contributed by atoms with E-state index in [1.165, 1.54) is 0 Å². The summed E-state index contributed by atoms with van der Waals surface area (Å²) < 4.78 is 6.78. The number of rotatable bonds is 5. The van der Waals surface area contributed by atoms with Crippen LogP contribution in [0.5, 0.6) is 0 Å². The van der Waals surface area contributed by atoms with Crippen molar-refractivity contribution in [2.75, 3.05) is 0 Å². The van der Waals surface area contributed by atoms with Crippen LogP contribution < -0.4 is 5.32 Å². The Morgan fingerprint density at radius 1 is 1.25 bits per heavy atom. The van der Waals surface area contributed by atoms with Crippen LogP contribution >= 0.6 is 15.9 Å². The summed E-state index contributed by atoms with van der Waals surface area (Å²) in [6.07, 6.45) is 0.841. The molecule has 0 saturated heterocycles. The smallest absolute Gasteiger partial charge is 0.223 e. The van der Waals surface area contributed by atoms with Gasteiger partial charge in [0, 0.05) is 16.0 Å². The first-order valence-electron chi connectivity index (χ1n) is 6.72. The number of hydrogen-bond acceptors (Lipinski definition) is 2. The van der Waals surface area contributed by atoms with E-state index in [0.717, 1.165) is 28.0 Å². The van der Waals surface area contributed by atoms with Gasteiger partial charge in [0.15, 0.2) is 0 Å². The van der Waals surface area contributed by atoms with Crippen LogP contribution in [0, 0.1) is 5.92 Å². The molecule has 0 aliphatic heterocycles. The first-order chi connectivity index (χ1) is 9.60. The van der Waals surface area contributed by atoms with E-state index in [9.17, 15) is 4.79 Å². The molecule has 1 unspecified atom stereocenters. The van der Waals surface area contributed by atoms with Gasteiger partial charge in [-0.15, -0.1) is 0 Å². The Morgan fingerprint density at radius 3 is 2.60 bits per heavy atom. The number of carbonyl (C=O) groups excluding carboxylic acids is 1. The maximum Gasteiger partial charge on any atom is 0.223 e. The SMILES string of the molecule is CCC(C)C(=O)NCc1ccc(-c2ccc(Br)cc2)o1. The van der Waals surface area contributed by atoms with Crippen LogP contribution in [-0.4, -0.2) is 5.91 Å². The largest absolute Gasteiger partial charge is 0.459 e. The molecular weight excluding hydrogens is 318 g/mol. The van der Waals surface area contributed by atoms with Crippen molar-refractivity contribution in [3.05, 3.63) is 46.6 Å². The van der Waals surface area contributed by atoms with Gasteiger partial charge in [-0.2, -0.15) is 0 Å². The predicted molar refractivity (Wildman–Crippen MR) is 83.1 cm³/mol. The molecule has 106 valence electrons. The van der Waals surface area contributed by atoms with Gasteiger partial charge in [-0.25, -0.2) is 0 Å². The molecule has 20 heavy (non-hydrogen) atoms. The third kappa shape index (κ3) is 3.73. The Hall–Kier alpha value is -1.55. The minimum Gasteiger partial charge on any atom is -0.459 e. The van der Waals surface area contributed by atoms with Crippen molar-refractivity contribution in [1.29, 1.82) is 0 Å². The molecule has 0 bridgehead atoms. The van der Waals surface area contributed by atoms with E-state index < -0.39 is 0 Å². The molecule has 2 aromatic rings. The van der Waals surface area contributed by atoms with Crippen LogP contribution in [0.2, 0.25) is 0 Å². The summed E-state index contributed by atoms with van der Waals surface area (Å²) in [5, 5.41) is 2.88. The summed E-state index contributed by atoms with van der Waals surface area (Å²) >= 11 is 3.41. The van der Waals surface area contributed by atoms with Gasteiger partial charge in [0.25, 0.3) is 0 Å². The molecule has 2 rings (SSSR count). The summed E-state index contributed by atoms with van der Waals surface area (Å²) in [7, 11) is 0. The number of nitrogens with one attached hydrogen (secondary N) is 1. The average Bonchev–Trinajstić information content (AvgIpc) is 2.93. The maximum atomic E-state index is 11.7. The summed E-state index contributed by atoms with van der Waals surface area (Å²) in [6, 6.07) is 11.8. The van der Waals surface area contributed by atoms with Gasteiger partial charge < -0.3 is 9.73 Å². The van der Waals surface area contributed by atoms with Crippen molar-refractivity contribution in [2.45, 2.75) is 26.8 Å². The summed E-state index contributed by atoms with van der Waals surface area (Å²) in [5.74, 6) is 1.68. The highest BCUT2D eigenvalue weighted by Gasteiger charge is 2.11. The number of furan rings is 1. The van der Waals surface area contributed by atoms with E-state index in [1.807, 2.05) is 50.2 Å². The van der Waals surface area contributed by atoms with E-state index in [1.54, 1.807) is 0 Å². The summed E-state index contributed by atoms with van der Waals surface area (Å²) in [5.41, 5.74) is 1.02. The van der Waals surface area contributed by atoms with Gasteiger partial charge in [-0.1, -0.05) is 41.9 Å². The second kappa shape index (κ2) is 6.75. The van der Waals surface area contributed by atoms with Gasteiger partial charge in [0.05, 0.1) is 6.54 Å². The third-order valence-electron chi connectivity index (χ3n) is 3.29. The van der Waals surface area contributed by atoms with Crippen LogP contribution in [0.15, 0.2) is 45.3 Å². The quantitative estimate of drug-likeness (QED) is 0.881. The standard InChI is InChI=1S/C16H18BrNO2/c1-3-11(2)16(19)18-10-14-8-9-15(20-14)12-4-6-13(17)7-5-12/h4-9,11H,3,10H2,1-2H3,(H,18,19). The Bertz CT molecular complexity index is 574. The lowest BCUT2D eigenvalue weighted by Gasteiger charge is -2.08. The molecule has 0 spiro atoms. The van der Waals surface area contributed by atoms with Crippen LogP contribution in [0.3, 0.4) is 0 Å². The fraction of sp³-hybridized carbons (Fsp3) is 0.312. The van der Waals surface area contributed by atoms with Crippen molar-refractivity contribution in [3.63, 3.8) is 0 Å². The fourth-order valence-corrected chi connectivity index (χ4v) is 2.04. The van der Waals surface area contributed by atoms with Crippen molar-refractivity contribution in [1.82, 2.24) is 5.32 Å². The maximum absolute atomic E-state index is 11.7. The van der Waals surface area contributed by atoms with E-state index in [0.29, 0.717) is 6.54 Å². The first kappa shape index (κ1) is 14.9. The zero-order valence-electron chi connectivity index (χ0n) is 11.7. The predicted octanol–water partition coefficient (Wildman–Crippen LogP) is 4.37. The Balaban J connectivity index is 1.99. The zero-order valence-corrected chi connectivity index (χ0v) is 13.2. The molecule has 0 radical (unpaired) electrons. The van der Waals surface area contributed by atoms with E-state index in [2.05, 4.69) is 21.2 Å². The van der Waals surface area contributed by atoms with Crippen molar-refractivity contribution >= 4 is 21.8 Å². The molecule has 1 aromatic carbocycles. The Morgan fingerprint density at radius 2 is 1.95 bits per heavy atom. The molecule has 0 aliphatic rings. The van der Waals surface area contributed by atoms with Crippen molar-refractivity contribution in [3.8, 4) is 11.3 Å². The molecule has 1 atom stereocenters. The number of halogens is 1. The molecule has 1 heterocycles. The first-order valence-corrected chi connectivity index (χ1v) is 7.51. The monoisotopic (exact) mass is 335 g/mol. The summed E-state index contributed by atoms with van der Waals surface area (Å²) in [6.45, 7) is 4.35. The minimum atomic E-state index is 0.0379. The molecule has 0 aliphatic carbocycles. The fourth-order valence-electron chi connectivity index (χ4n) is 1.78. The molecule has 4 heteroatoms. The molecule has 1 amide bonds. The van der Waals surface area contributed by atoms with Gasteiger partial charge in [-0.3, -0.25) is 4.79 Å². The van der Waals surface area contributed by atoms with Crippen molar-refractivity contribution in [2.24, 2.45) is 5.92 Å². The second-order valence-corrected chi connectivity index (χ2v) is 5.72. The number of amides is 1. The van der Waals surface area contributed by atoms with Gasteiger partial charge in [0.2, 0.25) is 5.91 Å². The van der Waals surface area contributed by atoms with Crippen LogP contribution in [0.4, 0.5) is 0 Å². The van der Waals surface area contributed by atoms with Crippen LogP contribution in [0.25, 0.3) is 11.3 Å². The van der Waals surface area contributed by atoms with Crippen LogP contribution in [-0.2, 0) is 11.3 Å². The van der Waals surface area contributed by atoms with Crippen molar-refractivity contribution < 1.29 is 9.21 Å². The van der Waals surface area contributed by atoms with Gasteiger partial charge >= 0.3 is 0 Å². The van der Waals surface area contributed by atoms with Gasteiger partial charge in [0.1, 0.15) is 11.5 Å². The average molecular weight is 336 g/mol. The lowest BCUT2D eigenvalue weighted by atomic mass is 10.1. The summed E-state index contributed by atoms with van der Waals surface area (Å²) in [4.78, 5) is 11.7. The zero-order chi connectivity index (χ0) is 14.5. The number of carbonyl (C=O) groups is 1. The highest BCUT2D eigenvalue weighted by molar-refractivity contribution is 9.10. The van der Waals surface area contributed by atoms with E-state index in [4.69, 9.17) is 4.42 Å². The topological polar surface area (TPSA) is 42.2 Å². The second-order valence-electron chi connectivity index (χ2n) is 4.80. The van der Waals surface area contributed by atoms with E-state index in [-0.39, 0.29) is 11.8 Å². The Labute approximate surface area is 127 Å². The molecule has 1 aromatic heterocycles. The Kier molecular flexibility index (Phi) is 5.01. The highest BCUT2D eigenvalue weighted by Crippen LogP contribution is 2.23. The molecule has 1 N–H and O–H groups in total. The number of benzene rings is 1. The normalized spacial score (nSPS) is 12.2. The van der Waals surface area contributed by atoms with Gasteiger partial charge in [-0.05, 0) is 30.7 Å². The third-order valence-corrected chi connectivity index (χ3v) is 3.82. The molecule has 3 nitrogen and oxygen atoms in total. The lowest BCUT2D eigenvalue weighted by molar-refractivity contribution is -0.124. The minimum absolute atomic E-state index is 0.0379. The molecular formula is C16H18BrNO2. The molecule has 0 fully saturated rings. The van der Waals surface area contributed by atoms with Crippen LogP contribution in [0.1, 0.15) is 26.0 Å².